The highest BCUT2D eigenvalue weighted by atomic mass is 32.2. The van der Waals surface area contributed by atoms with Crippen molar-refractivity contribution in [1.82, 2.24) is 15.3 Å². The minimum absolute atomic E-state index is 0.0135. The molecule has 176 valence electrons. The molecule has 34 heavy (non-hydrogen) atoms. The second-order valence-corrected chi connectivity index (χ2v) is 8.65. The van der Waals surface area contributed by atoms with Crippen LogP contribution in [-0.4, -0.2) is 43.6 Å². The second-order valence-electron chi connectivity index (χ2n) is 6.56. The fraction of sp³-hybridized carbons (Fsp3) is 0.0909. The lowest BCUT2D eigenvalue weighted by molar-refractivity contribution is -0.115. The third kappa shape index (κ3) is 6.49. The predicted molar refractivity (Wildman–Crippen MR) is 132 cm³/mol. The molecule has 0 atom stereocenters. The lowest BCUT2D eigenvalue weighted by Gasteiger charge is -2.11. The molecule has 12 heteroatoms. The molecule has 10 nitrogen and oxygen atoms in total. The quantitative estimate of drug-likeness (QED) is 0.316. The average Bonchev–Trinajstić information content (AvgIpc) is 2.83. The molecule has 2 aromatic carbocycles. The number of thiocarbonyl (C=S) groups is 1. The van der Waals surface area contributed by atoms with Crippen molar-refractivity contribution in [3.8, 4) is 11.6 Å². The SMILES string of the molecule is COc1ccccc1/C=C/C(=O)NC(=S)Nc1ccc(S(=O)(=O)Nc2nccnc2OC)cc1. The van der Waals surface area contributed by atoms with E-state index < -0.39 is 15.9 Å². The summed E-state index contributed by atoms with van der Waals surface area (Å²) in [6, 6.07) is 13.0. The van der Waals surface area contributed by atoms with Gasteiger partial charge in [-0.1, -0.05) is 18.2 Å². The number of hydrogen-bond acceptors (Lipinski definition) is 8. The number of aromatic nitrogens is 2. The number of ether oxygens (including phenoxy) is 2. The van der Waals surface area contributed by atoms with E-state index in [1.807, 2.05) is 18.2 Å². The van der Waals surface area contributed by atoms with Gasteiger partial charge in [0.05, 0.1) is 19.1 Å². The van der Waals surface area contributed by atoms with Gasteiger partial charge in [0.25, 0.3) is 15.9 Å². The molecule has 0 spiro atoms. The number of benzene rings is 2. The average molecular weight is 500 g/mol. The Bertz CT molecular complexity index is 1310. The summed E-state index contributed by atoms with van der Waals surface area (Å²) < 4.78 is 37.8. The summed E-state index contributed by atoms with van der Waals surface area (Å²) in [6.45, 7) is 0. The monoisotopic (exact) mass is 499 g/mol. The largest absolute Gasteiger partial charge is 0.496 e. The van der Waals surface area contributed by atoms with Gasteiger partial charge >= 0.3 is 0 Å². The third-order valence-electron chi connectivity index (χ3n) is 4.30. The first-order valence-electron chi connectivity index (χ1n) is 9.73. The smallest absolute Gasteiger partial charge is 0.263 e. The van der Waals surface area contributed by atoms with Crippen molar-refractivity contribution in [2.24, 2.45) is 0 Å². The first-order chi connectivity index (χ1) is 16.3. The van der Waals surface area contributed by atoms with E-state index in [1.165, 1.54) is 49.8 Å². The zero-order valence-corrected chi connectivity index (χ0v) is 19.8. The number of carbonyl (C=O) groups is 1. The van der Waals surface area contributed by atoms with Gasteiger partial charge in [-0.05, 0) is 48.6 Å². The molecule has 1 heterocycles. The number of hydrogen-bond donors (Lipinski definition) is 3. The minimum atomic E-state index is -3.93. The number of sulfonamides is 1. The Balaban J connectivity index is 1.60. The Morgan fingerprint density at radius 3 is 2.41 bits per heavy atom. The number of methoxy groups -OCH3 is 2. The van der Waals surface area contributed by atoms with Crippen LogP contribution in [0.5, 0.6) is 11.6 Å². The molecule has 0 fully saturated rings. The van der Waals surface area contributed by atoms with Gasteiger partial charge in [0.1, 0.15) is 5.75 Å². The van der Waals surface area contributed by atoms with E-state index in [1.54, 1.807) is 19.3 Å². The standard InChI is InChI=1S/C22H21N5O5S2/c1-31-18-6-4-3-5-15(18)7-12-19(28)26-22(33)25-16-8-10-17(11-9-16)34(29,30)27-20-21(32-2)24-14-13-23-20/h3-14H,1-2H3,(H,23,27)(H2,25,26,28,33)/b12-7+. The molecule has 3 N–H and O–H groups in total. The van der Waals surface area contributed by atoms with Crippen LogP contribution >= 0.6 is 12.2 Å². The number of amides is 1. The molecule has 0 aliphatic rings. The van der Waals surface area contributed by atoms with Crippen LogP contribution in [0.25, 0.3) is 6.08 Å². The first-order valence-corrected chi connectivity index (χ1v) is 11.6. The Morgan fingerprint density at radius 1 is 1.00 bits per heavy atom. The fourth-order valence-electron chi connectivity index (χ4n) is 2.73. The number of anilines is 2. The maximum absolute atomic E-state index is 12.6. The van der Waals surface area contributed by atoms with E-state index >= 15 is 0 Å². The van der Waals surface area contributed by atoms with Crippen LogP contribution in [0.4, 0.5) is 11.5 Å². The summed E-state index contributed by atoms with van der Waals surface area (Å²) >= 11 is 5.15. The van der Waals surface area contributed by atoms with E-state index in [0.29, 0.717) is 11.4 Å². The van der Waals surface area contributed by atoms with Crippen molar-refractivity contribution in [3.63, 3.8) is 0 Å². The summed E-state index contributed by atoms with van der Waals surface area (Å²) in [4.78, 5) is 20.0. The van der Waals surface area contributed by atoms with Crippen molar-refractivity contribution in [1.29, 1.82) is 0 Å². The van der Waals surface area contributed by atoms with Crippen LogP contribution in [0.15, 0.2) is 71.9 Å². The zero-order chi connectivity index (χ0) is 24.6. The predicted octanol–water partition coefficient (Wildman–Crippen LogP) is 2.82. The van der Waals surface area contributed by atoms with E-state index in [-0.39, 0.29) is 21.7 Å². The molecule has 0 saturated carbocycles. The molecule has 1 amide bonds. The number of para-hydroxylation sites is 1. The van der Waals surface area contributed by atoms with E-state index in [0.717, 1.165) is 5.56 Å². The van der Waals surface area contributed by atoms with Crippen LogP contribution in [0, 0.1) is 0 Å². The van der Waals surface area contributed by atoms with Gasteiger partial charge in [-0.3, -0.25) is 14.8 Å². The Labute approximate surface area is 202 Å². The van der Waals surface area contributed by atoms with Gasteiger partial charge in [0, 0.05) is 29.7 Å². The Morgan fingerprint density at radius 2 is 1.71 bits per heavy atom. The van der Waals surface area contributed by atoms with Gasteiger partial charge in [0.15, 0.2) is 5.11 Å². The normalized spacial score (nSPS) is 11.0. The third-order valence-corrected chi connectivity index (χ3v) is 5.86. The van der Waals surface area contributed by atoms with Crippen LogP contribution in [0.2, 0.25) is 0 Å². The number of carbonyl (C=O) groups excluding carboxylic acids is 1. The highest BCUT2D eigenvalue weighted by molar-refractivity contribution is 7.92. The molecule has 1 aromatic heterocycles. The van der Waals surface area contributed by atoms with Gasteiger partial charge < -0.3 is 14.8 Å². The van der Waals surface area contributed by atoms with E-state index in [9.17, 15) is 13.2 Å². The second kappa shape index (κ2) is 11.2. The van der Waals surface area contributed by atoms with Crippen molar-refractivity contribution in [2.75, 3.05) is 24.3 Å². The maximum Gasteiger partial charge on any atom is 0.263 e. The van der Waals surface area contributed by atoms with Crippen molar-refractivity contribution < 1.29 is 22.7 Å². The molecule has 3 rings (SSSR count). The lowest BCUT2D eigenvalue weighted by Crippen LogP contribution is -2.32. The molecule has 0 unspecified atom stereocenters. The van der Waals surface area contributed by atoms with Gasteiger partial charge in [-0.15, -0.1) is 0 Å². The molecular weight excluding hydrogens is 478 g/mol. The number of rotatable bonds is 8. The number of nitrogens with zero attached hydrogens (tertiary/aromatic N) is 2. The number of nitrogens with one attached hydrogen (secondary N) is 3. The highest BCUT2D eigenvalue weighted by Crippen LogP contribution is 2.22. The van der Waals surface area contributed by atoms with E-state index in [4.69, 9.17) is 21.7 Å². The van der Waals surface area contributed by atoms with Crippen molar-refractivity contribution >= 4 is 50.8 Å². The highest BCUT2D eigenvalue weighted by Gasteiger charge is 2.18. The van der Waals surface area contributed by atoms with Crippen LogP contribution < -0.4 is 24.8 Å². The van der Waals surface area contributed by atoms with Crippen LogP contribution in [0.3, 0.4) is 0 Å². The summed E-state index contributed by atoms with van der Waals surface area (Å²) in [5.41, 5.74) is 1.22. The lowest BCUT2D eigenvalue weighted by atomic mass is 10.2. The van der Waals surface area contributed by atoms with Crippen LogP contribution in [0.1, 0.15) is 5.56 Å². The molecule has 0 bridgehead atoms. The summed E-state index contributed by atoms with van der Waals surface area (Å²) in [6.07, 6.45) is 5.66. The summed E-state index contributed by atoms with van der Waals surface area (Å²) in [7, 11) is -1.03. The molecule has 0 aliphatic carbocycles. The summed E-state index contributed by atoms with van der Waals surface area (Å²) in [5, 5.41) is 5.39. The van der Waals surface area contributed by atoms with Gasteiger partial charge in [-0.2, -0.15) is 0 Å². The van der Waals surface area contributed by atoms with Gasteiger partial charge in [0.2, 0.25) is 11.7 Å². The van der Waals surface area contributed by atoms with Crippen molar-refractivity contribution in [3.05, 3.63) is 72.6 Å². The van der Waals surface area contributed by atoms with E-state index in [2.05, 4.69) is 25.3 Å². The fourth-order valence-corrected chi connectivity index (χ4v) is 3.96. The Kier molecular flexibility index (Phi) is 8.11. The molecule has 0 radical (unpaired) electrons. The molecular formula is C22H21N5O5S2. The van der Waals surface area contributed by atoms with Gasteiger partial charge in [-0.25, -0.2) is 18.4 Å². The molecule has 3 aromatic rings. The molecule has 0 saturated heterocycles. The molecule has 0 aliphatic heterocycles. The summed E-state index contributed by atoms with van der Waals surface area (Å²) in [5.74, 6) is 0.210. The van der Waals surface area contributed by atoms with Crippen LogP contribution in [-0.2, 0) is 14.8 Å². The maximum atomic E-state index is 12.6. The minimum Gasteiger partial charge on any atom is -0.496 e. The van der Waals surface area contributed by atoms with Crippen molar-refractivity contribution in [2.45, 2.75) is 4.90 Å². The topological polar surface area (TPSA) is 132 Å². The first kappa shape index (κ1) is 24.6. The Hall–Kier alpha value is -4.03. The zero-order valence-electron chi connectivity index (χ0n) is 18.2.